The first-order valence-electron chi connectivity index (χ1n) is 8.09. The second-order valence-electron chi connectivity index (χ2n) is 6.13. The van der Waals surface area contributed by atoms with Crippen molar-refractivity contribution in [1.82, 2.24) is 9.78 Å². The van der Waals surface area contributed by atoms with E-state index in [0.717, 1.165) is 11.3 Å². The summed E-state index contributed by atoms with van der Waals surface area (Å²) in [5.74, 6) is 0.384. The Kier molecular flexibility index (Phi) is 4.75. The van der Waals surface area contributed by atoms with E-state index in [1.807, 2.05) is 65.5 Å². The van der Waals surface area contributed by atoms with Crippen molar-refractivity contribution in [3.63, 3.8) is 0 Å². The lowest BCUT2D eigenvalue weighted by Gasteiger charge is -2.09. The molecule has 0 unspecified atom stereocenters. The lowest BCUT2D eigenvalue weighted by molar-refractivity contribution is 0.102. The van der Waals surface area contributed by atoms with Crippen molar-refractivity contribution in [3.8, 4) is 0 Å². The zero-order valence-corrected chi connectivity index (χ0v) is 13.9. The van der Waals surface area contributed by atoms with E-state index in [9.17, 15) is 4.79 Å². The first-order valence-corrected chi connectivity index (χ1v) is 8.09. The molecule has 24 heavy (non-hydrogen) atoms. The summed E-state index contributed by atoms with van der Waals surface area (Å²) in [6, 6.07) is 17.5. The van der Waals surface area contributed by atoms with Gasteiger partial charge < -0.3 is 5.32 Å². The van der Waals surface area contributed by atoms with Crippen LogP contribution in [-0.2, 0) is 6.54 Å². The second kappa shape index (κ2) is 7.13. The largest absolute Gasteiger partial charge is 0.322 e. The molecule has 0 fully saturated rings. The Morgan fingerprint density at radius 3 is 2.38 bits per heavy atom. The third-order valence-corrected chi connectivity index (χ3v) is 3.96. The van der Waals surface area contributed by atoms with E-state index >= 15 is 0 Å². The normalized spacial score (nSPS) is 10.8. The highest BCUT2D eigenvalue weighted by atomic mass is 16.1. The summed E-state index contributed by atoms with van der Waals surface area (Å²) < 4.78 is 1.85. The van der Waals surface area contributed by atoms with Crippen LogP contribution in [0.4, 0.5) is 5.69 Å². The van der Waals surface area contributed by atoms with Crippen molar-refractivity contribution in [2.24, 2.45) is 0 Å². The van der Waals surface area contributed by atoms with Gasteiger partial charge in [0.2, 0.25) is 0 Å². The van der Waals surface area contributed by atoms with Crippen LogP contribution in [0.15, 0.2) is 67.0 Å². The van der Waals surface area contributed by atoms with Gasteiger partial charge in [-0.2, -0.15) is 5.10 Å². The van der Waals surface area contributed by atoms with Crippen LogP contribution in [0.25, 0.3) is 0 Å². The number of carbonyl (C=O) groups excluding carboxylic acids is 1. The molecule has 1 N–H and O–H groups in total. The maximum atomic E-state index is 12.3. The number of rotatable bonds is 5. The summed E-state index contributed by atoms with van der Waals surface area (Å²) in [4.78, 5) is 12.3. The Balaban J connectivity index is 1.64. The lowest BCUT2D eigenvalue weighted by atomic mass is 10.0. The van der Waals surface area contributed by atoms with Gasteiger partial charge >= 0.3 is 0 Å². The summed E-state index contributed by atoms with van der Waals surface area (Å²) in [5.41, 5.74) is 3.82. The molecule has 2 aromatic carbocycles. The van der Waals surface area contributed by atoms with Crippen molar-refractivity contribution in [1.29, 1.82) is 0 Å². The van der Waals surface area contributed by atoms with E-state index in [-0.39, 0.29) is 5.91 Å². The fourth-order valence-electron chi connectivity index (χ4n) is 2.50. The minimum Gasteiger partial charge on any atom is -0.322 e. The number of anilines is 1. The van der Waals surface area contributed by atoms with Crippen LogP contribution in [0, 0.1) is 0 Å². The van der Waals surface area contributed by atoms with Crippen molar-refractivity contribution in [3.05, 3.63) is 83.7 Å². The van der Waals surface area contributed by atoms with E-state index in [0.29, 0.717) is 18.0 Å². The summed E-state index contributed by atoms with van der Waals surface area (Å²) in [7, 11) is 0. The minimum atomic E-state index is -0.0991. The molecule has 122 valence electrons. The lowest BCUT2D eigenvalue weighted by Crippen LogP contribution is -2.12. The van der Waals surface area contributed by atoms with Gasteiger partial charge in [0.15, 0.2) is 0 Å². The minimum absolute atomic E-state index is 0.0991. The molecule has 0 saturated carbocycles. The maximum absolute atomic E-state index is 12.3. The molecule has 3 rings (SSSR count). The third kappa shape index (κ3) is 3.90. The van der Waals surface area contributed by atoms with Gasteiger partial charge in [0.05, 0.1) is 6.54 Å². The Bertz CT molecular complexity index is 788. The summed E-state index contributed by atoms with van der Waals surface area (Å²) in [6.07, 6.45) is 3.67. The molecule has 4 nitrogen and oxygen atoms in total. The summed E-state index contributed by atoms with van der Waals surface area (Å²) in [6.45, 7) is 5.00. The van der Waals surface area contributed by atoms with Gasteiger partial charge in [-0.1, -0.05) is 38.1 Å². The van der Waals surface area contributed by atoms with E-state index in [4.69, 9.17) is 0 Å². The molecule has 1 heterocycles. The van der Waals surface area contributed by atoms with Crippen molar-refractivity contribution < 1.29 is 4.79 Å². The molecule has 0 bridgehead atoms. The van der Waals surface area contributed by atoms with Crippen LogP contribution < -0.4 is 5.32 Å². The third-order valence-electron chi connectivity index (χ3n) is 3.96. The smallest absolute Gasteiger partial charge is 0.255 e. The zero-order valence-electron chi connectivity index (χ0n) is 13.9. The highest BCUT2D eigenvalue weighted by Gasteiger charge is 2.07. The molecule has 0 aliphatic heterocycles. The number of carbonyl (C=O) groups is 1. The number of benzene rings is 2. The molecule has 0 aliphatic carbocycles. The Hall–Kier alpha value is -2.88. The molecule has 0 radical (unpaired) electrons. The number of hydrogen-bond donors (Lipinski definition) is 1. The molecule has 1 aromatic heterocycles. The first kappa shape index (κ1) is 16.0. The predicted octanol–water partition coefficient (Wildman–Crippen LogP) is 4.31. The Morgan fingerprint density at radius 1 is 1.08 bits per heavy atom. The second-order valence-corrected chi connectivity index (χ2v) is 6.13. The Labute approximate surface area is 142 Å². The predicted molar refractivity (Wildman–Crippen MR) is 96.3 cm³/mol. The van der Waals surface area contributed by atoms with Gasteiger partial charge in [-0.05, 0) is 47.4 Å². The van der Waals surface area contributed by atoms with Crippen LogP contribution in [0.5, 0.6) is 0 Å². The molecular formula is C20H21N3O. The van der Waals surface area contributed by atoms with Gasteiger partial charge in [-0.15, -0.1) is 0 Å². The molecule has 3 aromatic rings. The zero-order chi connectivity index (χ0) is 16.9. The van der Waals surface area contributed by atoms with E-state index in [1.165, 1.54) is 5.56 Å². The van der Waals surface area contributed by atoms with Gasteiger partial charge in [0.1, 0.15) is 0 Å². The number of nitrogens with zero attached hydrogens (tertiary/aromatic N) is 2. The fraction of sp³-hybridized carbons (Fsp3) is 0.200. The van der Waals surface area contributed by atoms with Crippen LogP contribution in [-0.4, -0.2) is 15.7 Å². The van der Waals surface area contributed by atoms with Gasteiger partial charge in [0, 0.05) is 23.6 Å². The van der Waals surface area contributed by atoms with Gasteiger partial charge in [-0.3, -0.25) is 9.48 Å². The topological polar surface area (TPSA) is 46.9 Å². The van der Waals surface area contributed by atoms with E-state index in [1.54, 1.807) is 6.20 Å². The van der Waals surface area contributed by atoms with Crippen molar-refractivity contribution in [2.45, 2.75) is 26.3 Å². The molecule has 4 heteroatoms. The molecular weight excluding hydrogens is 298 g/mol. The highest BCUT2D eigenvalue weighted by molar-refractivity contribution is 6.04. The standard InChI is InChI=1S/C20H21N3O/c1-15(2)17-8-10-19(11-9-17)22-20(24)18-6-4-16(5-7-18)14-23-13-3-12-21-23/h3-13,15H,14H2,1-2H3,(H,22,24). The molecule has 0 aliphatic rings. The van der Waals surface area contributed by atoms with E-state index < -0.39 is 0 Å². The number of amides is 1. The summed E-state index contributed by atoms with van der Waals surface area (Å²) >= 11 is 0. The van der Waals surface area contributed by atoms with E-state index in [2.05, 4.69) is 24.3 Å². The van der Waals surface area contributed by atoms with Gasteiger partial charge in [-0.25, -0.2) is 0 Å². The van der Waals surface area contributed by atoms with Crippen LogP contribution in [0.3, 0.4) is 0 Å². The van der Waals surface area contributed by atoms with Gasteiger partial charge in [0.25, 0.3) is 5.91 Å². The van der Waals surface area contributed by atoms with Crippen LogP contribution in [0.1, 0.15) is 41.3 Å². The highest BCUT2D eigenvalue weighted by Crippen LogP contribution is 2.18. The number of nitrogens with one attached hydrogen (secondary N) is 1. The average Bonchev–Trinajstić information content (AvgIpc) is 3.09. The average molecular weight is 319 g/mol. The molecule has 0 spiro atoms. The number of hydrogen-bond acceptors (Lipinski definition) is 2. The summed E-state index contributed by atoms with van der Waals surface area (Å²) in [5, 5.41) is 7.11. The fourth-order valence-corrected chi connectivity index (χ4v) is 2.50. The molecule has 0 atom stereocenters. The number of aromatic nitrogens is 2. The van der Waals surface area contributed by atoms with Crippen LogP contribution >= 0.6 is 0 Å². The molecule has 0 saturated heterocycles. The monoisotopic (exact) mass is 319 g/mol. The first-order chi connectivity index (χ1) is 11.6. The Morgan fingerprint density at radius 2 is 1.79 bits per heavy atom. The van der Waals surface area contributed by atoms with Crippen molar-refractivity contribution >= 4 is 11.6 Å². The quantitative estimate of drug-likeness (QED) is 0.762. The van der Waals surface area contributed by atoms with Crippen LogP contribution in [0.2, 0.25) is 0 Å². The molecule has 1 amide bonds. The SMILES string of the molecule is CC(C)c1ccc(NC(=O)c2ccc(Cn3cccn3)cc2)cc1. The maximum Gasteiger partial charge on any atom is 0.255 e. The van der Waals surface area contributed by atoms with Crippen molar-refractivity contribution in [2.75, 3.05) is 5.32 Å².